The summed E-state index contributed by atoms with van der Waals surface area (Å²) in [5.41, 5.74) is 1.09. The van der Waals surface area contributed by atoms with Crippen molar-refractivity contribution in [3.8, 4) is 11.5 Å². The molecule has 1 aliphatic heterocycles. The van der Waals surface area contributed by atoms with Crippen LogP contribution in [0.4, 0.5) is 0 Å². The number of pyridine rings is 1. The van der Waals surface area contributed by atoms with Crippen molar-refractivity contribution in [1.82, 2.24) is 14.8 Å². The molecule has 1 saturated carbocycles. The number of carbonyl (C=O) groups is 1. The summed E-state index contributed by atoms with van der Waals surface area (Å²) < 4.78 is 11.5. The van der Waals surface area contributed by atoms with Crippen molar-refractivity contribution in [2.24, 2.45) is 11.8 Å². The Hall–Kier alpha value is -2.64. The summed E-state index contributed by atoms with van der Waals surface area (Å²) in [4.78, 5) is 21.0. The molecular weight excluding hydrogens is 394 g/mol. The molecule has 2 aliphatic rings. The molecule has 2 aromatic rings. The van der Waals surface area contributed by atoms with Gasteiger partial charge in [0, 0.05) is 32.0 Å². The number of methoxy groups -OCH3 is 1. The number of ether oxygens (including phenoxy) is 2. The highest BCUT2D eigenvalue weighted by Gasteiger charge is 2.44. The number of hydrogen-bond acceptors (Lipinski definition) is 6. The summed E-state index contributed by atoms with van der Waals surface area (Å²) in [6.07, 6.45) is 4.13. The Bertz CT molecular complexity index is 878. The van der Waals surface area contributed by atoms with E-state index in [1.54, 1.807) is 13.3 Å². The van der Waals surface area contributed by atoms with Gasteiger partial charge in [0.1, 0.15) is 6.10 Å². The summed E-state index contributed by atoms with van der Waals surface area (Å²) in [5.74, 6) is 2.11. The molecule has 0 bridgehead atoms. The molecule has 7 nitrogen and oxygen atoms in total. The first-order valence-corrected chi connectivity index (χ1v) is 10.9. The number of likely N-dealkylation sites (tertiary alicyclic amines) is 1. The van der Waals surface area contributed by atoms with Crippen molar-refractivity contribution in [3.63, 3.8) is 0 Å². The molecule has 2 heterocycles. The van der Waals surface area contributed by atoms with Crippen LogP contribution in [-0.2, 0) is 11.3 Å². The largest absolute Gasteiger partial charge is 0.493 e. The fourth-order valence-electron chi connectivity index (χ4n) is 4.79. The van der Waals surface area contributed by atoms with Gasteiger partial charge in [-0.25, -0.2) is 0 Å². The highest BCUT2D eigenvalue weighted by Crippen LogP contribution is 2.39. The summed E-state index contributed by atoms with van der Waals surface area (Å²) >= 11 is 0. The fraction of sp³-hybridized carbons (Fsp3) is 0.500. The maximum absolute atomic E-state index is 12.9. The van der Waals surface area contributed by atoms with E-state index in [-0.39, 0.29) is 12.0 Å². The Kier molecular flexibility index (Phi) is 6.73. The maximum Gasteiger partial charge on any atom is 0.236 e. The monoisotopic (exact) mass is 425 g/mol. The molecule has 4 rings (SSSR count). The number of rotatable bonds is 7. The van der Waals surface area contributed by atoms with Crippen molar-refractivity contribution in [1.29, 1.82) is 0 Å². The van der Waals surface area contributed by atoms with Crippen LogP contribution in [0.5, 0.6) is 11.5 Å². The van der Waals surface area contributed by atoms with Crippen molar-refractivity contribution in [2.45, 2.75) is 31.6 Å². The molecule has 166 valence electrons. The van der Waals surface area contributed by atoms with Gasteiger partial charge in [0.25, 0.3) is 0 Å². The minimum Gasteiger partial charge on any atom is -0.493 e. The second kappa shape index (κ2) is 9.66. The smallest absolute Gasteiger partial charge is 0.236 e. The molecule has 1 saturated heterocycles. The van der Waals surface area contributed by atoms with Crippen molar-refractivity contribution >= 4 is 5.91 Å². The Labute approximate surface area is 183 Å². The number of aromatic nitrogens is 1. The van der Waals surface area contributed by atoms with Gasteiger partial charge in [-0.1, -0.05) is 18.2 Å². The lowest BCUT2D eigenvalue weighted by Crippen LogP contribution is -2.42. The number of amides is 1. The number of aliphatic hydroxyl groups is 1. The number of benzene rings is 1. The molecule has 0 unspecified atom stereocenters. The van der Waals surface area contributed by atoms with Crippen molar-refractivity contribution in [3.05, 3.63) is 54.4 Å². The maximum atomic E-state index is 12.9. The van der Waals surface area contributed by atoms with E-state index in [9.17, 15) is 9.90 Å². The minimum absolute atomic E-state index is 0.137. The second-order valence-corrected chi connectivity index (χ2v) is 8.70. The molecule has 31 heavy (non-hydrogen) atoms. The van der Waals surface area contributed by atoms with Gasteiger partial charge in [-0.05, 0) is 55.5 Å². The topological polar surface area (TPSA) is 75.1 Å². The van der Waals surface area contributed by atoms with E-state index < -0.39 is 6.10 Å². The molecular formula is C24H31N3O4. The Morgan fingerprint density at radius 3 is 2.61 bits per heavy atom. The molecule has 1 aliphatic carbocycles. The quantitative estimate of drug-likeness (QED) is 0.733. The van der Waals surface area contributed by atoms with E-state index in [2.05, 4.69) is 4.98 Å². The molecule has 1 N–H and O–H groups in total. The number of hydrogen-bond donors (Lipinski definition) is 1. The minimum atomic E-state index is -0.547. The van der Waals surface area contributed by atoms with Gasteiger partial charge >= 0.3 is 0 Å². The van der Waals surface area contributed by atoms with Crippen molar-refractivity contribution < 1.29 is 19.4 Å². The average Bonchev–Trinajstić information content (AvgIpc) is 3.18. The third kappa shape index (κ3) is 5.17. The Balaban J connectivity index is 1.32. The SMILES string of the molecule is COc1ccccc1O[C@@H]1C[C@@H]2CN(C(=O)CN(C)Cc3cccnc3)C[C@@H]2C[C@H]1O. The van der Waals surface area contributed by atoms with Gasteiger partial charge in [0.2, 0.25) is 5.91 Å². The fourth-order valence-corrected chi connectivity index (χ4v) is 4.79. The van der Waals surface area contributed by atoms with Crippen LogP contribution < -0.4 is 9.47 Å². The van der Waals surface area contributed by atoms with Gasteiger partial charge in [0.15, 0.2) is 11.5 Å². The molecule has 1 aromatic carbocycles. The summed E-state index contributed by atoms with van der Waals surface area (Å²) in [6, 6.07) is 11.4. The van der Waals surface area contributed by atoms with E-state index >= 15 is 0 Å². The van der Waals surface area contributed by atoms with Crippen LogP contribution in [0.15, 0.2) is 48.8 Å². The van der Waals surface area contributed by atoms with Gasteiger partial charge < -0.3 is 19.5 Å². The summed E-state index contributed by atoms with van der Waals surface area (Å²) in [7, 11) is 3.57. The Morgan fingerprint density at radius 2 is 1.90 bits per heavy atom. The zero-order valence-corrected chi connectivity index (χ0v) is 18.2. The first kappa shape index (κ1) is 21.6. The van der Waals surface area contributed by atoms with Crippen LogP contribution in [0, 0.1) is 11.8 Å². The van der Waals surface area contributed by atoms with Crippen LogP contribution in [-0.4, -0.2) is 71.8 Å². The molecule has 0 radical (unpaired) electrons. The summed E-state index contributed by atoms with van der Waals surface area (Å²) in [6.45, 7) is 2.50. The number of aliphatic hydroxyl groups excluding tert-OH is 1. The first-order chi connectivity index (χ1) is 15.0. The molecule has 1 aromatic heterocycles. The van der Waals surface area contributed by atoms with Crippen LogP contribution >= 0.6 is 0 Å². The molecule has 7 heteroatoms. The van der Waals surface area contributed by atoms with Gasteiger partial charge in [0.05, 0.1) is 19.8 Å². The third-order valence-electron chi connectivity index (χ3n) is 6.37. The molecule has 1 amide bonds. The van der Waals surface area contributed by atoms with Gasteiger partial charge in [-0.15, -0.1) is 0 Å². The highest BCUT2D eigenvalue weighted by molar-refractivity contribution is 5.78. The lowest BCUT2D eigenvalue weighted by Gasteiger charge is -2.35. The number of para-hydroxylation sites is 2. The van der Waals surface area contributed by atoms with E-state index in [0.29, 0.717) is 49.4 Å². The van der Waals surface area contributed by atoms with Crippen LogP contribution in [0.1, 0.15) is 18.4 Å². The van der Waals surface area contributed by atoms with E-state index in [1.807, 2.05) is 59.4 Å². The lowest BCUT2D eigenvalue weighted by atomic mass is 9.78. The number of fused-ring (bicyclic) bond motifs is 1. The molecule has 2 fully saturated rings. The number of nitrogens with zero attached hydrogens (tertiary/aromatic N) is 3. The first-order valence-electron chi connectivity index (χ1n) is 10.9. The van der Waals surface area contributed by atoms with Crippen LogP contribution in [0.25, 0.3) is 0 Å². The molecule has 0 spiro atoms. The normalized spacial score (nSPS) is 25.4. The number of likely N-dealkylation sites (N-methyl/N-ethyl adjacent to an activating group) is 1. The van der Waals surface area contributed by atoms with Crippen molar-refractivity contribution in [2.75, 3.05) is 33.8 Å². The zero-order chi connectivity index (χ0) is 21.8. The standard InChI is InChI=1S/C24H31N3O4/c1-26(13-17-6-5-9-25-12-17)16-24(29)27-14-18-10-20(28)23(11-19(18)15-27)31-22-8-4-3-7-21(22)30-2/h3-9,12,18-20,23,28H,10-11,13-16H2,1-2H3/t18-,19+,20+,23+/m0/s1. The van der Waals surface area contributed by atoms with Gasteiger partial charge in [-0.3, -0.25) is 14.7 Å². The predicted octanol–water partition coefficient (Wildman–Crippen LogP) is 2.20. The van der Waals surface area contributed by atoms with E-state index in [4.69, 9.17) is 9.47 Å². The summed E-state index contributed by atoms with van der Waals surface area (Å²) in [5, 5.41) is 10.7. The van der Waals surface area contributed by atoms with E-state index in [1.165, 1.54) is 0 Å². The lowest BCUT2D eigenvalue weighted by molar-refractivity contribution is -0.131. The average molecular weight is 426 g/mol. The molecule has 4 atom stereocenters. The van der Waals surface area contributed by atoms with Crippen LogP contribution in [0.2, 0.25) is 0 Å². The second-order valence-electron chi connectivity index (χ2n) is 8.70. The highest BCUT2D eigenvalue weighted by atomic mass is 16.5. The third-order valence-corrected chi connectivity index (χ3v) is 6.37. The van der Waals surface area contributed by atoms with E-state index in [0.717, 1.165) is 18.5 Å². The Morgan fingerprint density at radius 1 is 1.16 bits per heavy atom. The predicted molar refractivity (Wildman–Crippen MR) is 117 cm³/mol. The van der Waals surface area contributed by atoms with Crippen LogP contribution in [0.3, 0.4) is 0 Å². The van der Waals surface area contributed by atoms with Gasteiger partial charge in [-0.2, -0.15) is 0 Å². The number of carbonyl (C=O) groups excluding carboxylic acids is 1. The zero-order valence-electron chi connectivity index (χ0n) is 18.2.